The molecule has 0 aromatic carbocycles. The van der Waals surface area contributed by atoms with E-state index in [1.807, 2.05) is 6.07 Å². The van der Waals surface area contributed by atoms with Crippen LogP contribution >= 0.6 is 0 Å². The van der Waals surface area contributed by atoms with Crippen molar-refractivity contribution >= 4 is 11.8 Å². The molecule has 0 saturated heterocycles. The largest absolute Gasteiger partial charge is 0.512 e. The summed E-state index contributed by atoms with van der Waals surface area (Å²) in [5.74, 6) is -0.205. The third kappa shape index (κ3) is 1.97. The van der Waals surface area contributed by atoms with Crippen LogP contribution in [0.1, 0.15) is 17.0 Å². The van der Waals surface area contributed by atoms with Crippen LogP contribution in [0.3, 0.4) is 0 Å². The highest BCUT2D eigenvalue weighted by Gasteiger charge is 2.08. The molecule has 1 rings (SSSR count). The summed E-state index contributed by atoms with van der Waals surface area (Å²) in [4.78, 5) is 2.95. The minimum Gasteiger partial charge on any atom is -0.512 e. The molecule has 4 heteroatoms. The van der Waals surface area contributed by atoms with E-state index in [1.165, 1.54) is 0 Å². The summed E-state index contributed by atoms with van der Waals surface area (Å²) in [6, 6.07) is 1.84. The second kappa shape index (κ2) is 4.53. The molecule has 0 aliphatic heterocycles. The summed E-state index contributed by atoms with van der Waals surface area (Å²) in [5, 5.41) is 18.0. The summed E-state index contributed by atoms with van der Waals surface area (Å²) in [6.45, 7) is 4.14. The van der Waals surface area contributed by atoms with Gasteiger partial charge < -0.3 is 20.9 Å². The summed E-state index contributed by atoms with van der Waals surface area (Å²) < 4.78 is 0. The standard InChI is InChI=1S/C10H14N2O2/c1-2-7-5-8(3-4-11)12-10(7)9(14)6-13/h2,5-6,12-14H,1,3-4,11H2/b9-6-. The van der Waals surface area contributed by atoms with Crippen LogP contribution in [0.4, 0.5) is 0 Å². The molecule has 0 saturated carbocycles. The van der Waals surface area contributed by atoms with Gasteiger partial charge >= 0.3 is 0 Å². The molecule has 1 heterocycles. The molecule has 0 bridgehead atoms. The van der Waals surface area contributed by atoms with E-state index in [9.17, 15) is 5.11 Å². The molecule has 76 valence electrons. The van der Waals surface area contributed by atoms with Gasteiger partial charge in [0.15, 0.2) is 5.76 Å². The van der Waals surface area contributed by atoms with Gasteiger partial charge in [-0.05, 0) is 19.0 Å². The predicted molar refractivity (Wildman–Crippen MR) is 56.9 cm³/mol. The Labute approximate surface area is 82.4 Å². The number of hydrogen-bond donors (Lipinski definition) is 4. The van der Waals surface area contributed by atoms with Crippen LogP contribution in [0.15, 0.2) is 18.9 Å². The Balaban J connectivity index is 3.08. The number of H-pyrrole nitrogens is 1. The Morgan fingerprint density at radius 1 is 1.64 bits per heavy atom. The van der Waals surface area contributed by atoms with Gasteiger partial charge in [-0.3, -0.25) is 0 Å². The molecule has 0 aliphatic carbocycles. The Kier molecular flexibility index (Phi) is 3.36. The SMILES string of the molecule is C=Cc1cc(CCN)[nH]c1/C(O)=C/O. The maximum Gasteiger partial charge on any atom is 0.174 e. The molecule has 14 heavy (non-hydrogen) atoms. The fraction of sp³-hybridized carbons (Fsp3) is 0.200. The number of aromatic nitrogens is 1. The highest BCUT2D eigenvalue weighted by Crippen LogP contribution is 2.18. The number of aliphatic hydroxyl groups excluding tert-OH is 2. The van der Waals surface area contributed by atoms with E-state index in [-0.39, 0.29) is 5.76 Å². The van der Waals surface area contributed by atoms with Crippen LogP contribution < -0.4 is 5.73 Å². The maximum atomic E-state index is 9.32. The maximum absolute atomic E-state index is 9.32. The highest BCUT2D eigenvalue weighted by molar-refractivity contribution is 5.67. The van der Waals surface area contributed by atoms with Crippen molar-refractivity contribution in [2.24, 2.45) is 5.73 Å². The van der Waals surface area contributed by atoms with E-state index >= 15 is 0 Å². The van der Waals surface area contributed by atoms with Gasteiger partial charge in [-0.15, -0.1) is 0 Å². The smallest absolute Gasteiger partial charge is 0.174 e. The average molecular weight is 194 g/mol. The average Bonchev–Trinajstić information content (AvgIpc) is 2.60. The van der Waals surface area contributed by atoms with Gasteiger partial charge in [0.25, 0.3) is 0 Å². The molecule has 5 N–H and O–H groups in total. The van der Waals surface area contributed by atoms with E-state index in [1.54, 1.807) is 6.08 Å². The first-order valence-corrected chi connectivity index (χ1v) is 4.31. The van der Waals surface area contributed by atoms with Gasteiger partial charge in [-0.1, -0.05) is 12.7 Å². The van der Waals surface area contributed by atoms with E-state index in [0.717, 1.165) is 11.3 Å². The number of hydrogen-bond acceptors (Lipinski definition) is 3. The van der Waals surface area contributed by atoms with E-state index in [2.05, 4.69) is 11.6 Å². The fourth-order valence-electron chi connectivity index (χ4n) is 1.26. The topological polar surface area (TPSA) is 82.3 Å². The van der Waals surface area contributed by atoms with Crippen molar-refractivity contribution in [3.63, 3.8) is 0 Å². The van der Waals surface area contributed by atoms with Gasteiger partial charge in [0.05, 0.1) is 5.69 Å². The van der Waals surface area contributed by atoms with Crippen LogP contribution in [0.2, 0.25) is 0 Å². The van der Waals surface area contributed by atoms with Crippen molar-refractivity contribution in [3.8, 4) is 0 Å². The molecular formula is C10H14N2O2. The van der Waals surface area contributed by atoms with Gasteiger partial charge in [0.1, 0.15) is 6.26 Å². The quantitative estimate of drug-likeness (QED) is 0.549. The molecule has 0 spiro atoms. The lowest BCUT2D eigenvalue weighted by Crippen LogP contribution is -2.02. The monoisotopic (exact) mass is 194 g/mol. The number of rotatable bonds is 4. The Morgan fingerprint density at radius 3 is 2.86 bits per heavy atom. The normalized spacial score (nSPS) is 11.6. The van der Waals surface area contributed by atoms with Crippen LogP contribution in [0, 0.1) is 0 Å². The second-order valence-corrected chi connectivity index (χ2v) is 2.88. The van der Waals surface area contributed by atoms with Crippen molar-refractivity contribution in [2.45, 2.75) is 6.42 Å². The third-order valence-corrected chi connectivity index (χ3v) is 1.92. The summed E-state index contributed by atoms with van der Waals surface area (Å²) in [5.41, 5.74) is 7.52. The lowest BCUT2D eigenvalue weighted by Gasteiger charge is -1.96. The number of nitrogens with two attached hydrogens (primary N) is 1. The lowest BCUT2D eigenvalue weighted by molar-refractivity contribution is 0.430. The second-order valence-electron chi connectivity index (χ2n) is 2.88. The van der Waals surface area contributed by atoms with Crippen molar-refractivity contribution in [1.29, 1.82) is 0 Å². The van der Waals surface area contributed by atoms with Gasteiger partial charge in [0, 0.05) is 11.3 Å². The van der Waals surface area contributed by atoms with Crippen molar-refractivity contribution in [2.75, 3.05) is 6.54 Å². The minimum atomic E-state index is -0.205. The van der Waals surface area contributed by atoms with E-state index < -0.39 is 0 Å². The molecule has 0 atom stereocenters. The molecular weight excluding hydrogens is 180 g/mol. The molecule has 0 aliphatic rings. The third-order valence-electron chi connectivity index (χ3n) is 1.92. The zero-order valence-electron chi connectivity index (χ0n) is 7.83. The Bertz CT molecular complexity index is 353. The van der Waals surface area contributed by atoms with Crippen LogP contribution in [0.5, 0.6) is 0 Å². The Morgan fingerprint density at radius 2 is 2.36 bits per heavy atom. The first kappa shape index (κ1) is 10.4. The molecule has 0 amide bonds. The number of aromatic amines is 1. The molecule has 1 aromatic heterocycles. The zero-order chi connectivity index (χ0) is 10.6. The van der Waals surface area contributed by atoms with Crippen molar-refractivity contribution in [3.05, 3.63) is 35.9 Å². The van der Waals surface area contributed by atoms with Crippen LogP contribution in [-0.4, -0.2) is 21.7 Å². The zero-order valence-corrected chi connectivity index (χ0v) is 7.83. The van der Waals surface area contributed by atoms with Gasteiger partial charge in [-0.2, -0.15) is 0 Å². The van der Waals surface area contributed by atoms with E-state index in [4.69, 9.17) is 10.8 Å². The summed E-state index contributed by atoms with van der Waals surface area (Å²) >= 11 is 0. The Hall–Kier alpha value is -1.68. The van der Waals surface area contributed by atoms with Crippen molar-refractivity contribution in [1.82, 2.24) is 4.98 Å². The summed E-state index contributed by atoms with van der Waals surface area (Å²) in [7, 11) is 0. The van der Waals surface area contributed by atoms with Gasteiger partial charge in [0.2, 0.25) is 0 Å². The summed E-state index contributed by atoms with van der Waals surface area (Å²) in [6.07, 6.45) is 2.94. The molecule has 0 fully saturated rings. The molecule has 0 unspecified atom stereocenters. The minimum absolute atomic E-state index is 0.205. The first-order valence-electron chi connectivity index (χ1n) is 4.31. The number of aliphatic hydroxyl groups is 2. The molecule has 0 radical (unpaired) electrons. The fourth-order valence-corrected chi connectivity index (χ4v) is 1.26. The molecule has 4 nitrogen and oxygen atoms in total. The lowest BCUT2D eigenvalue weighted by atomic mass is 10.2. The first-order chi connectivity index (χ1) is 6.72. The highest BCUT2D eigenvalue weighted by atomic mass is 16.3. The molecule has 1 aromatic rings. The van der Waals surface area contributed by atoms with Crippen LogP contribution in [0.25, 0.3) is 11.8 Å². The predicted octanol–water partition coefficient (Wildman–Crippen LogP) is 1.57. The van der Waals surface area contributed by atoms with Crippen molar-refractivity contribution < 1.29 is 10.2 Å². The van der Waals surface area contributed by atoms with Gasteiger partial charge in [-0.25, -0.2) is 0 Å². The van der Waals surface area contributed by atoms with E-state index in [0.29, 0.717) is 24.9 Å². The van der Waals surface area contributed by atoms with Crippen LogP contribution in [-0.2, 0) is 6.42 Å². The number of nitrogens with one attached hydrogen (secondary N) is 1.